The van der Waals surface area contributed by atoms with Crippen LogP contribution >= 0.6 is 34.2 Å². The highest BCUT2D eigenvalue weighted by molar-refractivity contribution is 14.1. The van der Waals surface area contributed by atoms with Crippen molar-refractivity contribution >= 4 is 34.2 Å². The summed E-state index contributed by atoms with van der Waals surface area (Å²) in [5.41, 5.74) is 3.85. The maximum Gasteiger partial charge on any atom is 0.0574 e. The van der Waals surface area contributed by atoms with E-state index in [-0.39, 0.29) is 6.04 Å². The van der Waals surface area contributed by atoms with Crippen LogP contribution in [0.3, 0.4) is 0 Å². The van der Waals surface area contributed by atoms with E-state index < -0.39 is 0 Å². The second-order valence-electron chi connectivity index (χ2n) is 5.73. The molecule has 0 aromatic heterocycles. The molecule has 0 amide bonds. The molecule has 0 radical (unpaired) electrons. The lowest BCUT2D eigenvalue weighted by Gasteiger charge is -2.18. The van der Waals surface area contributed by atoms with Crippen LogP contribution in [0.1, 0.15) is 36.6 Å². The Morgan fingerprint density at radius 3 is 2.19 bits per heavy atom. The molecule has 0 aliphatic heterocycles. The Morgan fingerprint density at radius 1 is 1.05 bits per heavy atom. The number of benzene rings is 2. The number of rotatable bonds is 5. The molecule has 0 saturated heterocycles. The number of hydrogen-bond acceptors (Lipinski definition) is 1. The summed E-state index contributed by atoms with van der Waals surface area (Å²) in [5.74, 6) is 0.686. The maximum atomic E-state index is 6.25. The molecule has 0 aliphatic rings. The van der Waals surface area contributed by atoms with Crippen LogP contribution in [0.2, 0.25) is 5.02 Å². The zero-order valence-corrected chi connectivity index (χ0v) is 15.6. The summed E-state index contributed by atoms with van der Waals surface area (Å²) < 4.78 is 1.08. The van der Waals surface area contributed by atoms with Gasteiger partial charge in [-0.1, -0.05) is 55.8 Å². The molecule has 2 rings (SSSR count). The lowest BCUT2D eigenvalue weighted by molar-refractivity contribution is 0.645. The monoisotopic (exact) mass is 413 g/mol. The van der Waals surface area contributed by atoms with Crippen molar-refractivity contribution in [1.29, 1.82) is 0 Å². The van der Waals surface area contributed by atoms with Crippen LogP contribution in [0.25, 0.3) is 0 Å². The molecule has 2 aromatic carbocycles. The van der Waals surface area contributed by atoms with Crippen molar-refractivity contribution in [1.82, 2.24) is 5.32 Å². The van der Waals surface area contributed by atoms with E-state index in [1.54, 1.807) is 0 Å². The van der Waals surface area contributed by atoms with Gasteiger partial charge in [0.25, 0.3) is 0 Å². The van der Waals surface area contributed by atoms with E-state index in [4.69, 9.17) is 11.6 Å². The molecule has 3 heteroatoms. The molecule has 0 fully saturated rings. The number of nitrogens with one attached hydrogen (secondary N) is 1. The molecule has 1 unspecified atom stereocenters. The summed E-state index contributed by atoms with van der Waals surface area (Å²) in [7, 11) is 1.98. The molecular weight excluding hydrogens is 393 g/mol. The van der Waals surface area contributed by atoms with Crippen molar-refractivity contribution in [2.75, 3.05) is 7.05 Å². The van der Waals surface area contributed by atoms with Crippen molar-refractivity contribution in [3.05, 3.63) is 67.7 Å². The standard InChI is InChI=1S/C18H21ClIN/c1-12(2)10-13-4-6-14(7-5-13)18(21-3)15-8-9-17(20)16(19)11-15/h4-9,11-12,18,21H,10H2,1-3H3. The zero-order valence-electron chi connectivity index (χ0n) is 12.7. The molecular formula is C18H21ClIN. The van der Waals surface area contributed by atoms with Gasteiger partial charge in [0, 0.05) is 3.57 Å². The Labute approximate surface area is 146 Å². The van der Waals surface area contributed by atoms with Crippen LogP contribution in [0.4, 0.5) is 0 Å². The third kappa shape index (κ3) is 4.44. The second kappa shape index (κ2) is 7.61. The van der Waals surface area contributed by atoms with Gasteiger partial charge >= 0.3 is 0 Å². The summed E-state index contributed by atoms with van der Waals surface area (Å²) in [4.78, 5) is 0. The van der Waals surface area contributed by atoms with Crippen molar-refractivity contribution in [2.45, 2.75) is 26.3 Å². The average molecular weight is 414 g/mol. The van der Waals surface area contributed by atoms with Gasteiger partial charge in [0.05, 0.1) is 11.1 Å². The third-order valence-electron chi connectivity index (χ3n) is 3.52. The Balaban J connectivity index is 2.26. The predicted molar refractivity (Wildman–Crippen MR) is 100 cm³/mol. The quantitative estimate of drug-likeness (QED) is 0.643. The van der Waals surface area contributed by atoms with Crippen molar-refractivity contribution < 1.29 is 0 Å². The minimum atomic E-state index is 0.174. The van der Waals surface area contributed by atoms with Gasteiger partial charge in [0.15, 0.2) is 0 Å². The summed E-state index contributed by atoms with van der Waals surface area (Å²) in [6.07, 6.45) is 1.12. The lowest BCUT2D eigenvalue weighted by atomic mass is 9.96. The molecule has 1 atom stereocenters. The SMILES string of the molecule is CNC(c1ccc(CC(C)C)cc1)c1ccc(I)c(Cl)c1. The van der Waals surface area contributed by atoms with Gasteiger partial charge in [-0.3, -0.25) is 0 Å². The minimum absolute atomic E-state index is 0.174. The molecule has 2 aromatic rings. The Bertz CT molecular complexity index is 593. The van der Waals surface area contributed by atoms with E-state index in [0.29, 0.717) is 5.92 Å². The second-order valence-corrected chi connectivity index (χ2v) is 7.30. The highest BCUT2D eigenvalue weighted by atomic mass is 127. The zero-order chi connectivity index (χ0) is 15.4. The first-order chi connectivity index (χ1) is 10.0. The molecule has 1 nitrogen and oxygen atoms in total. The minimum Gasteiger partial charge on any atom is -0.309 e. The van der Waals surface area contributed by atoms with E-state index in [9.17, 15) is 0 Å². The Morgan fingerprint density at radius 2 is 1.67 bits per heavy atom. The topological polar surface area (TPSA) is 12.0 Å². The van der Waals surface area contributed by atoms with Crippen molar-refractivity contribution in [3.63, 3.8) is 0 Å². The van der Waals surface area contributed by atoms with Gasteiger partial charge in [0.1, 0.15) is 0 Å². The lowest BCUT2D eigenvalue weighted by Crippen LogP contribution is -2.17. The van der Waals surface area contributed by atoms with Crippen LogP contribution in [0.5, 0.6) is 0 Å². The first-order valence-electron chi connectivity index (χ1n) is 7.22. The fourth-order valence-corrected chi connectivity index (χ4v) is 3.06. The summed E-state index contributed by atoms with van der Waals surface area (Å²) in [5, 5.41) is 4.19. The van der Waals surface area contributed by atoms with E-state index in [1.165, 1.54) is 16.7 Å². The van der Waals surface area contributed by atoms with E-state index in [0.717, 1.165) is 15.0 Å². The van der Waals surface area contributed by atoms with Crippen LogP contribution in [0.15, 0.2) is 42.5 Å². The normalized spacial score (nSPS) is 12.7. The maximum absolute atomic E-state index is 6.25. The fraction of sp³-hybridized carbons (Fsp3) is 0.333. The summed E-state index contributed by atoms with van der Waals surface area (Å²) in [6, 6.07) is 15.3. The molecule has 21 heavy (non-hydrogen) atoms. The number of halogens is 2. The summed E-state index contributed by atoms with van der Waals surface area (Å²) in [6.45, 7) is 4.50. The molecule has 0 heterocycles. The van der Waals surface area contributed by atoms with E-state index in [1.807, 2.05) is 13.1 Å². The summed E-state index contributed by atoms with van der Waals surface area (Å²) >= 11 is 8.50. The molecule has 0 spiro atoms. The highest BCUT2D eigenvalue weighted by Crippen LogP contribution is 2.27. The van der Waals surface area contributed by atoms with Gasteiger partial charge in [-0.2, -0.15) is 0 Å². The van der Waals surface area contributed by atoms with E-state index in [2.05, 4.69) is 78.2 Å². The van der Waals surface area contributed by atoms with Gasteiger partial charge in [-0.25, -0.2) is 0 Å². The Kier molecular flexibility index (Phi) is 6.08. The predicted octanol–water partition coefficient (Wildman–Crippen LogP) is 5.45. The Hall–Kier alpha value is -0.580. The highest BCUT2D eigenvalue weighted by Gasteiger charge is 2.13. The van der Waals surface area contributed by atoms with Crippen LogP contribution in [0, 0.1) is 9.49 Å². The van der Waals surface area contributed by atoms with Gasteiger partial charge in [-0.15, -0.1) is 0 Å². The van der Waals surface area contributed by atoms with E-state index >= 15 is 0 Å². The third-order valence-corrected chi connectivity index (χ3v) is 5.09. The smallest absolute Gasteiger partial charge is 0.0574 e. The van der Waals surface area contributed by atoms with Crippen molar-refractivity contribution in [2.24, 2.45) is 5.92 Å². The van der Waals surface area contributed by atoms with Crippen LogP contribution < -0.4 is 5.32 Å². The molecule has 112 valence electrons. The average Bonchev–Trinajstić information content (AvgIpc) is 2.45. The molecule has 1 N–H and O–H groups in total. The first-order valence-corrected chi connectivity index (χ1v) is 8.68. The molecule has 0 bridgehead atoms. The van der Waals surface area contributed by atoms with Crippen molar-refractivity contribution in [3.8, 4) is 0 Å². The van der Waals surface area contributed by atoms with Crippen LogP contribution in [-0.2, 0) is 6.42 Å². The van der Waals surface area contributed by atoms with Crippen LogP contribution in [-0.4, -0.2) is 7.05 Å². The molecule has 0 saturated carbocycles. The van der Waals surface area contributed by atoms with Gasteiger partial charge < -0.3 is 5.32 Å². The number of hydrogen-bond donors (Lipinski definition) is 1. The van der Waals surface area contributed by atoms with Gasteiger partial charge in [0.2, 0.25) is 0 Å². The first kappa shape index (κ1) is 16.8. The largest absolute Gasteiger partial charge is 0.309 e. The van der Waals surface area contributed by atoms with Gasteiger partial charge in [-0.05, 0) is 70.8 Å². The fourth-order valence-electron chi connectivity index (χ4n) is 2.54. The molecule has 0 aliphatic carbocycles.